The third kappa shape index (κ3) is 2.05. The minimum atomic E-state index is -0.532. The summed E-state index contributed by atoms with van der Waals surface area (Å²) in [4.78, 5) is 27.8. The quantitative estimate of drug-likeness (QED) is 0.798. The number of H-pyrrole nitrogens is 1. The highest BCUT2D eigenvalue weighted by molar-refractivity contribution is 5.84. The lowest BCUT2D eigenvalue weighted by molar-refractivity contribution is 0.411. The van der Waals surface area contributed by atoms with Crippen molar-refractivity contribution in [3.8, 4) is 17.2 Å². The fourth-order valence-corrected chi connectivity index (χ4v) is 2.43. The summed E-state index contributed by atoms with van der Waals surface area (Å²) < 4.78 is 11.5. The summed E-state index contributed by atoms with van der Waals surface area (Å²) in [6, 6.07) is 11.9. The van der Waals surface area contributed by atoms with Crippen molar-refractivity contribution in [2.45, 2.75) is 0 Å². The molecule has 1 heterocycles. The first-order valence-electron chi connectivity index (χ1n) is 6.63. The second kappa shape index (κ2) is 5.40. The maximum absolute atomic E-state index is 12.8. The number of benzene rings is 2. The summed E-state index contributed by atoms with van der Waals surface area (Å²) in [5.41, 5.74) is -0.180. The van der Waals surface area contributed by atoms with Crippen LogP contribution in [0, 0.1) is 0 Å². The number of para-hydroxylation sites is 2. The van der Waals surface area contributed by atoms with E-state index >= 15 is 0 Å². The van der Waals surface area contributed by atoms with Crippen molar-refractivity contribution < 1.29 is 9.47 Å². The molecule has 0 aliphatic heterocycles. The van der Waals surface area contributed by atoms with Gasteiger partial charge in [-0.05, 0) is 24.3 Å². The molecule has 112 valence electrons. The average Bonchev–Trinajstić information content (AvgIpc) is 2.54. The Morgan fingerprint density at radius 3 is 2.32 bits per heavy atom. The van der Waals surface area contributed by atoms with E-state index in [0.717, 1.165) is 4.57 Å². The number of methoxy groups -OCH3 is 2. The molecule has 0 bridgehead atoms. The predicted octanol–water partition coefficient (Wildman–Crippen LogP) is 1.70. The van der Waals surface area contributed by atoms with Crippen LogP contribution in [0.15, 0.2) is 52.1 Å². The van der Waals surface area contributed by atoms with Crippen molar-refractivity contribution >= 4 is 10.9 Å². The van der Waals surface area contributed by atoms with E-state index in [1.807, 2.05) is 0 Å². The number of aromatic nitrogens is 2. The van der Waals surface area contributed by atoms with E-state index in [0.29, 0.717) is 28.1 Å². The Hall–Kier alpha value is -3.02. The average molecular weight is 298 g/mol. The SMILES string of the molecule is COc1ccccc1-n1c(=O)[nH]c2cccc(OC)c2c1=O. The number of nitrogens with zero attached hydrogens (tertiary/aromatic N) is 1. The number of hydrogen-bond donors (Lipinski definition) is 1. The summed E-state index contributed by atoms with van der Waals surface area (Å²) in [5, 5.41) is 0.315. The largest absolute Gasteiger partial charge is 0.496 e. The molecule has 0 amide bonds. The van der Waals surface area contributed by atoms with Crippen LogP contribution in [0.4, 0.5) is 0 Å². The zero-order chi connectivity index (χ0) is 15.7. The van der Waals surface area contributed by atoms with Gasteiger partial charge in [-0.25, -0.2) is 9.36 Å². The van der Waals surface area contributed by atoms with Crippen LogP contribution in [-0.4, -0.2) is 23.8 Å². The smallest absolute Gasteiger partial charge is 0.333 e. The zero-order valence-electron chi connectivity index (χ0n) is 12.1. The van der Waals surface area contributed by atoms with Gasteiger partial charge in [-0.1, -0.05) is 18.2 Å². The molecular weight excluding hydrogens is 284 g/mol. The van der Waals surface area contributed by atoms with Crippen LogP contribution in [0.2, 0.25) is 0 Å². The lowest BCUT2D eigenvalue weighted by atomic mass is 10.2. The van der Waals surface area contributed by atoms with Crippen LogP contribution in [0.5, 0.6) is 11.5 Å². The normalized spacial score (nSPS) is 10.6. The van der Waals surface area contributed by atoms with Crippen LogP contribution in [-0.2, 0) is 0 Å². The van der Waals surface area contributed by atoms with E-state index in [2.05, 4.69) is 4.98 Å². The van der Waals surface area contributed by atoms with Crippen molar-refractivity contribution in [1.82, 2.24) is 9.55 Å². The van der Waals surface area contributed by atoms with Gasteiger partial charge in [0.15, 0.2) is 0 Å². The van der Waals surface area contributed by atoms with E-state index in [9.17, 15) is 9.59 Å². The van der Waals surface area contributed by atoms with Crippen molar-refractivity contribution in [1.29, 1.82) is 0 Å². The molecule has 0 atom stereocenters. The highest BCUT2D eigenvalue weighted by Crippen LogP contribution is 2.22. The third-order valence-corrected chi connectivity index (χ3v) is 3.43. The van der Waals surface area contributed by atoms with Crippen LogP contribution >= 0.6 is 0 Å². The molecule has 6 heteroatoms. The number of ether oxygens (including phenoxy) is 2. The number of nitrogens with one attached hydrogen (secondary N) is 1. The van der Waals surface area contributed by atoms with Crippen molar-refractivity contribution in [3.63, 3.8) is 0 Å². The number of hydrogen-bond acceptors (Lipinski definition) is 4. The van der Waals surface area contributed by atoms with Gasteiger partial charge in [-0.3, -0.25) is 4.79 Å². The van der Waals surface area contributed by atoms with Crippen molar-refractivity contribution in [2.75, 3.05) is 14.2 Å². The topological polar surface area (TPSA) is 73.3 Å². The van der Waals surface area contributed by atoms with E-state index < -0.39 is 11.2 Å². The first kappa shape index (κ1) is 13.9. The van der Waals surface area contributed by atoms with Crippen LogP contribution < -0.4 is 20.7 Å². The molecule has 0 aliphatic carbocycles. The van der Waals surface area contributed by atoms with Gasteiger partial charge in [0, 0.05) is 0 Å². The summed E-state index contributed by atoms with van der Waals surface area (Å²) in [6.45, 7) is 0. The number of fused-ring (bicyclic) bond motifs is 1. The van der Waals surface area contributed by atoms with Gasteiger partial charge < -0.3 is 14.5 Å². The predicted molar refractivity (Wildman–Crippen MR) is 83.3 cm³/mol. The molecule has 3 rings (SSSR count). The molecule has 0 saturated heterocycles. The summed E-state index contributed by atoms with van der Waals surface area (Å²) in [5.74, 6) is 0.840. The van der Waals surface area contributed by atoms with Gasteiger partial charge in [-0.15, -0.1) is 0 Å². The Bertz CT molecular complexity index is 956. The first-order valence-corrected chi connectivity index (χ1v) is 6.63. The van der Waals surface area contributed by atoms with E-state index in [1.54, 1.807) is 42.5 Å². The second-order valence-corrected chi connectivity index (χ2v) is 4.63. The van der Waals surface area contributed by atoms with Crippen LogP contribution in [0.1, 0.15) is 0 Å². The highest BCUT2D eigenvalue weighted by Gasteiger charge is 2.15. The molecule has 0 unspecified atom stereocenters. The van der Waals surface area contributed by atoms with E-state index in [1.165, 1.54) is 14.2 Å². The lowest BCUT2D eigenvalue weighted by Gasteiger charge is -2.11. The molecule has 0 fully saturated rings. The Morgan fingerprint density at radius 1 is 0.909 bits per heavy atom. The molecular formula is C16H14N2O4. The molecule has 1 N–H and O–H groups in total. The monoisotopic (exact) mass is 298 g/mol. The van der Waals surface area contributed by atoms with E-state index in [-0.39, 0.29) is 0 Å². The van der Waals surface area contributed by atoms with E-state index in [4.69, 9.17) is 9.47 Å². The Morgan fingerprint density at radius 2 is 1.59 bits per heavy atom. The van der Waals surface area contributed by atoms with Crippen LogP contribution in [0.25, 0.3) is 16.6 Å². The summed E-state index contributed by atoms with van der Waals surface area (Å²) in [6.07, 6.45) is 0. The summed E-state index contributed by atoms with van der Waals surface area (Å²) in [7, 11) is 2.96. The molecule has 3 aromatic rings. The summed E-state index contributed by atoms with van der Waals surface area (Å²) >= 11 is 0. The molecule has 22 heavy (non-hydrogen) atoms. The van der Waals surface area contributed by atoms with Crippen LogP contribution in [0.3, 0.4) is 0 Å². The molecule has 2 aromatic carbocycles. The Labute approximate surface area is 125 Å². The molecule has 0 radical (unpaired) electrons. The lowest BCUT2D eigenvalue weighted by Crippen LogP contribution is -2.34. The van der Waals surface area contributed by atoms with Gasteiger partial charge in [0.2, 0.25) is 0 Å². The first-order chi connectivity index (χ1) is 10.7. The maximum Gasteiger partial charge on any atom is 0.333 e. The van der Waals surface area contributed by atoms with Crippen molar-refractivity contribution in [3.05, 3.63) is 63.3 Å². The van der Waals surface area contributed by atoms with Gasteiger partial charge >= 0.3 is 5.69 Å². The van der Waals surface area contributed by atoms with Gasteiger partial charge in [0.05, 0.1) is 25.4 Å². The fourth-order valence-electron chi connectivity index (χ4n) is 2.43. The number of rotatable bonds is 3. The van der Waals surface area contributed by atoms with Gasteiger partial charge in [0.1, 0.15) is 16.9 Å². The fraction of sp³-hybridized carbons (Fsp3) is 0.125. The maximum atomic E-state index is 12.8. The Balaban J connectivity index is 2.46. The van der Waals surface area contributed by atoms with Gasteiger partial charge in [0.25, 0.3) is 5.56 Å². The van der Waals surface area contributed by atoms with Crippen molar-refractivity contribution in [2.24, 2.45) is 0 Å². The minimum absolute atomic E-state index is 0.315. The molecule has 0 aliphatic rings. The molecule has 0 spiro atoms. The molecule has 6 nitrogen and oxygen atoms in total. The standard InChI is InChI=1S/C16H14N2O4/c1-21-12-8-4-3-7-11(12)18-15(19)14-10(17-16(18)20)6-5-9-13(14)22-2/h3-9H,1-2H3,(H,17,20). The minimum Gasteiger partial charge on any atom is -0.496 e. The second-order valence-electron chi connectivity index (χ2n) is 4.63. The molecule has 1 aromatic heterocycles. The number of aromatic amines is 1. The zero-order valence-corrected chi connectivity index (χ0v) is 12.1. The van der Waals surface area contributed by atoms with Gasteiger partial charge in [-0.2, -0.15) is 0 Å². The third-order valence-electron chi connectivity index (χ3n) is 3.43. The molecule has 0 saturated carbocycles. The Kier molecular flexibility index (Phi) is 3.42. The highest BCUT2D eigenvalue weighted by atomic mass is 16.5.